The summed E-state index contributed by atoms with van der Waals surface area (Å²) in [5, 5.41) is 0. The lowest BCUT2D eigenvalue weighted by Crippen LogP contribution is -2.37. The molecule has 2 atom stereocenters. The Balaban J connectivity index is 2.15. The van der Waals surface area contributed by atoms with E-state index < -0.39 is 0 Å². The van der Waals surface area contributed by atoms with E-state index in [1.807, 2.05) is 0 Å². The predicted molar refractivity (Wildman–Crippen MR) is 49.7 cm³/mol. The largest absolute Gasteiger partial charge is 0.392 e. The number of thiocarbonyl (C=S) groups is 1. The van der Waals surface area contributed by atoms with Crippen molar-refractivity contribution in [2.45, 2.75) is 12.8 Å². The van der Waals surface area contributed by atoms with Crippen molar-refractivity contribution in [1.29, 1.82) is 0 Å². The normalized spacial score (nSPS) is 31.5. The van der Waals surface area contributed by atoms with E-state index in [-0.39, 0.29) is 35.2 Å². The Morgan fingerprint density at radius 2 is 1.85 bits per heavy atom. The smallest absolute Gasteiger partial charge is 0.233 e. The lowest BCUT2D eigenvalue weighted by Gasteiger charge is -2.24. The van der Waals surface area contributed by atoms with Gasteiger partial charge in [-0.1, -0.05) is 12.2 Å². The summed E-state index contributed by atoms with van der Waals surface area (Å²) in [6.07, 6.45) is 1.67. The summed E-state index contributed by atoms with van der Waals surface area (Å²) in [6.45, 7) is 0.111. The fourth-order valence-corrected chi connectivity index (χ4v) is 2.04. The van der Waals surface area contributed by atoms with Crippen LogP contribution in [0.1, 0.15) is 12.8 Å². The molecule has 2 fully saturated rings. The molecule has 1 saturated heterocycles. The van der Waals surface area contributed by atoms with E-state index in [2.05, 4.69) is 12.2 Å². The Bertz CT molecular complexity index is 281. The standard InChI is InChI=1S/C8H10N2O2S/c9-6(13)3-10-7(11)4-1-2-5(4)8(10)12/h4-5H,1-3H2,(H2,9,13). The second-order valence-electron chi connectivity index (χ2n) is 3.52. The highest BCUT2D eigenvalue weighted by molar-refractivity contribution is 7.80. The first-order valence-corrected chi connectivity index (χ1v) is 4.65. The van der Waals surface area contributed by atoms with Gasteiger partial charge in [0.1, 0.15) is 0 Å². The topological polar surface area (TPSA) is 63.4 Å². The number of fused-ring (bicyclic) bond motifs is 1. The summed E-state index contributed by atoms with van der Waals surface area (Å²) in [5.41, 5.74) is 5.29. The molecule has 1 saturated carbocycles. The zero-order chi connectivity index (χ0) is 9.59. The molecular formula is C8H10N2O2S. The van der Waals surface area contributed by atoms with Gasteiger partial charge in [-0.3, -0.25) is 14.5 Å². The molecule has 2 aliphatic rings. The van der Waals surface area contributed by atoms with Gasteiger partial charge in [-0.15, -0.1) is 0 Å². The van der Waals surface area contributed by atoms with Crippen LogP contribution in [0.3, 0.4) is 0 Å². The van der Waals surface area contributed by atoms with Gasteiger partial charge in [0.2, 0.25) is 11.8 Å². The average molecular weight is 198 g/mol. The Hall–Kier alpha value is -0.970. The zero-order valence-corrected chi connectivity index (χ0v) is 7.84. The number of amides is 2. The SMILES string of the molecule is NC(=S)CN1C(=O)C2CCC2C1=O. The maximum Gasteiger partial charge on any atom is 0.233 e. The van der Waals surface area contributed by atoms with Crippen molar-refractivity contribution in [2.24, 2.45) is 17.6 Å². The predicted octanol–water partition coefficient (Wildman–Crippen LogP) is -0.333. The maximum atomic E-state index is 11.5. The summed E-state index contributed by atoms with van der Waals surface area (Å²) in [7, 11) is 0. The summed E-state index contributed by atoms with van der Waals surface area (Å²) in [6, 6.07) is 0. The van der Waals surface area contributed by atoms with Crippen molar-refractivity contribution >= 4 is 29.0 Å². The van der Waals surface area contributed by atoms with Crippen LogP contribution >= 0.6 is 12.2 Å². The molecule has 2 N–H and O–H groups in total. The van der Waals surface area contributed by atoms with Crippen molar-refractivity contribution in [1.82, 2.24) is 4.90 Å². The quantitative estimate of drug-likeness (QED) is 0.487. The van der Waals surface area contributed by atoms with Crippen LogP contribution in [0.2, 0.25) is 0 Å². The molecule has 0 bridgehead atoms. The highest BCUT2D eigenvalue weighted by Crippen LogP contribution is 2.42. The molecular weight excluding hydrogens is 188 g/mol. The third-order valence-corrected chi connectivity index (χ3v) is 2.88. The van der Waals surface area contributed by atoms with Crippen LogP contribution < -0.4 is 5.73 Å². The lowest BCUT2D eigenvalue weighted by atomic mass is 9.76. The summed E-state index contributed by atoms with van der Waals surface area (Å²) < 4.78 is 0. The van der Waals surface area contributed by atoms with E-state index in [0.717, 1.165) is 12.8 Å². The molecule has 1 aliphatic heterocycles. The lowest BCUT2D eigenvalue weighted by molar-refractivity contribution is -0.138. The molecule has 2 amide bonds. The number of rotatable bonds is 2. The Kier molecular flexibility index (Phi) is 1.83. The minimum absolute atomic E-state index is 0.0677. The van der Waals surface area contributed by atoms with E-state index in [4.69, 9.17) is 5.73 Å². The van der Waals surface area contributed by atoms with E-state index in [1.54, 1.807) is 0 Å². The Labute approximate surface area is 81.1 Å². The first kappa shape index (κ1) is 8.62. The molecule has 5 heteroatoms. The second kappa shape index (κ2) is 2.77. The molecule has 0 aromatic heterocycles. The van der Waals surface area contributed by atoms with Crippen LogP contribution in [0.25, 0.3) is 0 Å². The highest BCUT2D eigenvalue weighted by atomic mass is 32.1. The zero-order valence-electron chi connectivity index (χ0n) is 7.03. The third kappa shape index (κ3) is 1.14. The molecule has 13 heavy (non-hydrogen) atoms. The number of hydrogen-bond donors (Lipinski definition) is 1. The van der Waals surface area contributed by atoms with Crippen LogP contribution in [0, 0.1) is 11.8 Å². The minimum Gasteiger partial charge on any atom is -0.392 e. The van der Waals surface area contributed by atoms with Gasteiger partial charge in [0, 0.05) is 0 Å². The molecule has 1 aliphatic carbocycles. The molecule has 70 valence electrons. The summed E-state index contributed by atoms with van der Waals surface area (Å²) in [5.74, 6) is -0.313. The van der Waals surface area contributed by atoms with E-state index in [0.29, 0.717) is 0 Å². The number of nitrogens with two attached hydrogens (primary N) is 1. The van der Waals surface area contributed by atoms with Gasteiger partial charge in [0.25, 0.3) is 0 Å². The van der Waals surface area contributed by atoms with Crippen molar-refractivity contribution in [2.75, 3.05) is 6.54 Å². The van der Waals surface area contributed by atoms with Crippen molar-refractivity contribution < 1.29 is 9.59 Å². The van der Waals surface area contributed by atoms with Gasteiger partial charge < -0.3 is 5.73 Å². The van der Waals surface area contributed by atoms with Gasteiger partial charge in [-0.2, -0.15) is 0 Å². The van der Waals surface area contributed by atoms with Crippen LogP contribution in [0.5, 0.6) is 0 Å². The van der Waals surface area contributed by atoms with Crippen LogP contribution in [0.4, 0.5) is 0 Å². The van der Waals surface area contributed by atoms with Gasteiger partial charge in [-0.25, -0.2) is 0 Å². The first-order chi connectivity index (χ1) is 6.11. The summed E-state index contributed by atoms with van der Waals surface area (Å²) >= 11 is 4.67. The number of carbonyl (C=O) groups excluding carboxylic acids is 2. The molecule has 0 aromatic rings. The Morgan fingerprint density at radius 3 is 2.15 bits per heavy atom. The molecule has 0 radical (unpaired) electrons. The number of nitrogens with zero attached hydrogens (tertiary/aromatic N) is 1. The van der Waals surface area contributed by atoms with Crippen LogP contribution in [-0.4, -0.2) is 28.2 Å². The van der Waals surface area contributed by atoms with Gasteiger partial charge in [-0.05, 0) is 12.8 Å². The fourth-order valence-electron chi connectivity index (χ4n) is 1.91. The Morgan fingerprint density at radius 1 is 1.38 bits per heavy atom. The monoisotopic (exact) mass is 198 g/mol. The number of imide groups is 1. The van der Waals surface area contributed by atoms with E-state index in [1.165, 1.54) is 4.90 Å². The average Bonchev–Trinajstić information content (AvgIpc) is 2.08. The van der Waals surface area contributed by atoms with Crippen LogP contribution in [0.15, 0.2) is 0 Å². The van der Waals surface area contributed by atoms with Crippen molar-refractivity contribution in [3.8, 4) is 0 Å². The highest BCUT2D eigenvalue weighted by Gasteiger charge is 2.52. The van der Waals surface area contributed by atoms with Crippen LogP contribution in [-0.2, 0) is 9.59 Å². The fraction of sp³-hybridized carbons (Fsp3) is 0.625. The van der Waals surface area contributed by atoms with Crippen molar-refractivity contribution in [3.63, 3.8) is 0 Å². The number of hydrogen-bond acceptors (Lipinski definition) is 3. The second-order valence-corrected chi connectivity index (χ2v) is 4.04. The molecule has 4 nitrogen and oxygen atoms in total. The van der Waals surface area contributed by atoms with Gasteiger partial charge in [0.15, 0.2) is 0 Å². The molecule has 0 aromatic carbocycles. The maximum absolute atomic E-state index is 11.5. The third-order valence-electron chi connectivity index (χ3n) is 2.75. The minimum atomic E-state index is -0.0888. The number of carbonyl (C=O) groups is 2. The molecule has 0 spiro atoms. The first-order valence-electron chi connectivity index (χ1n) is 4.25. The number of likely N-dealkylation sites (tertiary alicyclic amines) is 1. The molecule has 2 unspecified atom stereocenters. The van der Waals surface area contributed by atoms with E-state index >= 15 is 0 Å². The van der Waals surface area contributed by atoms with Gasteiger partial charge in [0.05, 0.1) is 23.4 Å². The van der Waals surface area contributed by atoms with E-state index in [9.17, 15) is 9.59 Å². The van der Waals surface area contributed by atoms with Crippen molar-refractivity contribution in [3.05, 3.63) is 0 Å². The summed E-state index contributed by atoms with van der Waals surface area (Å²) in [4.78, 5) is 24.4. The van der Waals surface area contributed by atoms with Gasteiger partial charge >= 0.3 is 0 Å². The molecule has 1 heterocycles. The molecule has 2 rings (SSSR count).